The minimum absolute atomic E-state index is 0.0359. The summed E-state index contributed by atoms with van der Waals surface area (Å²) in [5.41, 5.74) is 0.859. The van der Waals surface area contributed by atoms with Crippen molar-refractivity contribution in [2.75, 3.05) is 13.2 Å². The van der Waals surface area contributed by atoms with Crippen molar-refractivity contribution < 1.29 is 13.6 Å². The molecule has 0 saturated carbocycles. The average Bonchev–Trinajstić information content (AvgIpc) is 2.24. The predicted octanol–water partition coefficient (Wildman–Crippen LogP) is 3.38. The molecular weight excluding hydrogens is 270 g/mol. The molecule has 0 aliphatic heterocycles. The summed E-state index contributed by atoms with van der Waals surface area (Å²) in [5.74, 6) is -0.0359. The molecule has 0 saturated heterocycles. The minimum Gasteiger partial charge on any atom is -0.395 e. The first kappa shape index (κ1) is 19.3. The molecular formula is C15H31NO3Si. The van der Waals surface area contributed by atoms with Crippen LogP contribution in [-0.4, -0.2) is 33.2 Å². The summed E-state index contributed by atoms with van der Waals surface area (Å²) in [5, 5.41) is 2.93. The fourth-order valence-corrected chi connectivity index (χ4v) is 4.36. The number of allylic oxidation sites excluding steroid dienone is 1. The third-order valence-electron chi connectivity index (χ3n) is 2.75. The van der Waals surface area contributed by atoms with Gasteiger partial charge in [0.25, 0.3) is 0 Å². The van der Waals surface area contributed by atoms with Gasteiger partial charge in [0, 0.05) is 24.8 Å². The fourth-order valence-electron chi connectivity index (χ4n) is 1.92. The van der Waals surface area contributed by atoms with Crippen LogP contribution in [0.15, 0.2) is 11.6 Å². The first-order chi connectivity index (χ1) is 9.12. The largest absolute Gasteiger partial charge is 0.395 e. The number of rotatable bonds is 8. The van der Waals surface area contributed by atoms with E-state index < -0.39 is 8.56 Å². The van der Waals surface area contributed by atoms with Gasteiger partial charge in [0.05, 0.1) is 0 Å². The van der Waals surface area contributed by atoms with Crippen LogP contribution in [0.1, 0.15) is 48.0 Å². The van der Waals surface area contributed by atoms with E-state index in [0.717, 1.165) is 18.0 Å². The normalized spacial score (nSPS) is 13.4. The molecule has 118 valence electrons. The van der Waals surface area contributed by atoms with Crippen LogP contribution in [0.5, 0.6) is 0 Å². The molecule has 0 bridgehead atoms. The van der Waals surface area contributed by atoms with Crippen molar-refractivity contribution in [1.29, 1.82) is 0 Å². The molecule has 5 heteroatoms. The zero-order valence-electron chi connectivity index (χ0n) is 14.1. The van der Waals surface area contributed by atoms with E-state index in [4.69, 9.17) is 8.85 Å². The van der Waals surface area contributed by atoms with E-state index >= 15 is 0 Å². The summed E-state index contributed by atoms with van der Waals surface area (Å²) < 4.78 is 11.6. The standard InChI is InChI=1S/C15H31NO3Si/c1-8-18-20(7,19-9-2)11-10-13(3)12-14(17)16-15(4,5)6/h12H,8-11H2,1-7H3,(H,16,17)/b13-12+. The quantitative estimate of drug-likeness (QED) is 0.552. The molecule has 0 aromatic rings. The van der Waals surface area contributed by atoms with Crippen molar-refractivity contribution in [3.63, 3.8) is 0 Å². The molecule has 0 aromatic heterocycles. The Kier molecular flexibility index (Phi) is 8.31. The smallest absolute Gasteiger partial charge is 0.335 e. The lowest BCUT2D eigenvalue weighted by atomic mass is 10.1. The molecule has 0 spiro atoms. The number of nitrogens with one attached hydrogen (secondary N) is 1. The van der Waals surface area contributed by atoms with Gasteiger partial charge in [-0.2, -0.15) is 0 Å². The van der Waals surface area contributed by atoms with Gasteiger partial charge in [-0.05, 0) is 60.6 Å². The highest BCUT2D eigenvalue weighted by molar-refractivity contribution is 6.66. The summed E-state index contributed by atoms with van der Waals surface area (Å²) in [6.45, 7) is 15.3. The number of carbonyl (C=O) groups is 1. The van der Waals surface area contributed by atoms with Crippen molar-refractivity contribution in [2.24, 2.45) is 0 Å². The second-order valence-electron chi connectivity index (χ2n) is 6.23. The van der Waals surface area contributed by atoms with E-state index in [0.29, 0.717) is 13.2 Å². The molecule has 0 heterocycles. The molecule has 4 nitrogen and oxygen atoms in total. The zero-order valence-corrected chi connectivity index (χ0v) is 15.1. The highest BCUT2D eigenvalue weighted by Crippen LogP contribution is 2.19. The molecule has 0 radical (unpaired) electrons. The molecule has 0 fully saturated rings. The third-order valence-corrected chi connectivity index (χ3v) is 5.71. The molecule has 0 aliphatic carbocycles. The number of hydrogen-bond acceptors (Lipinski definition) is 3. The lowest BCUT2D eigenvalue weighted by Gasteiger charge is -2.26. The molecule has 20 heavy (non-hydrogen) atoms. The number of amides is 1. The zero-order chi connectivity index (χ0) is 15.8. The molecule has 0 unspecified atom stereocenters. The number of hydrogen-bond donors (Lipinski definition) is 1. The summed E-state index contributed by atoms with van der Waals surface area (Å²) in [6.07, 6.45) is 2.51. The van der Waals surface area contributed by atoms with Crippen LogP contribution in [-0.2, 0) is 13.6 Å². The van der Waals surface area contributed by atoms with E-state index in [1.54, 1.807) is 6.08 Å². The molecule has 0 rings (SSSR count). The third kappa shape index (κ3) is 9.28. The SMILES string of the molecule is CCO[Si](C)(CC/C(C)=C/C(=O)NC(C)(C)C)OCC. The Morgan fingerprint density at radius 2 is 1.70 bits per heavy atom. The maximum Gasteiger partial charge on any atom is 0.335 e. The van der Waals surface area contributed by atoms with Crippen LogP contribution in [0.3, 0.4) is 0 Å². The molecule has 0 aliphatic rings. The predicted molar refractivity (Wildman–Crippen MR) is 85.9 cm³/mol. The molecule has 1 N–H and O–H groups in total. The van der Waals surface area contributed by atoms with Crippen LogP contribution in [0.2, 0.25) is 12.6 Å². The first-order valence-electron chi connectivity index (χ1n) is 7.39. The Bertz CT molecular complexity index is 329. The Labute approximate surface area is 125 Å². The van der Waals surface area contributed by atoms with Gasteiger partial charge in [0.1, 0.15) is 0 Å². The second kappa shape index (κ2) is 8.59. The molecule has 0 aromatic carbocycles. The van der Waals surface area contributed by atoms with Gasteiger partial charge in [-0.25, -0.2) is 0 Å². The monoisotopic (exact) mass is 301 g/mol. The summed E-state index contributed by atoms with van der Waals surface area (Å²) in [7, 11) is -2.08. The Morgan fingerprint density at radius 3 is 2.10 bits per heavy atom. The lowest BCUT2D eigenvalue weighted by Crippen LogP contribution is -2.40. The lowest BCUT2D eigenvalue weighted by molar-refractivity contribution is -0.117. The Balaban J connectivity index is 4.44. The van der Waals surface area contributed by atoms with Crippen molar-refractivity contribution in [3.05, 3.63) is 11.6 Å². The van der Waals surface area contributed by atoms with E-state index in [1.165, 1.54) is 0 Å². The topological polar surface area (TPSA) is 47.6 Å². The Morgan fingerprint density at radius 1 is 1.20 bits per heavy atom. The summed E-state index contributed by atoms with van der Waals surface area (Å²) >= 11 is 0. The van der Waals surface area contributed by atoms with Gasteiger partial charge in [-0.1, -0.05) is 5.57 Å². The maximum absolute atomic E-state index is 11.8. The highest BCUT2D eigenvalue weighted by atomic mass is 28.4. The van der Waals surface area contributed by atoms with Crippen LogP contribution >= 0.6 is 0 Å². The van der Waals surface area contributed by atoms with Crippen LogP contribution in [0, 0.1) is 0 Å². The molecule has 0 atom stereocenters. The van der Waals surface area contributed by atoms with Gasteiger partial charge in [-0.15, -0.1) is 0 Å². The van der Waals surface area contributed by atoms with E-state index in [-0.39, 0.29) is 11.4 Å². The van der Waals surface area contributed by atoms with Gasteiger partial charge in [0.2, 0.25) is 5.91 Å². The van der Waals surface area contributed by atoms with Gasteiger partial charge in [-0.3, -0.25) is 4.79 Å². The van der Waals surface area contributed by atoms with Crippen molar-refractivity contribution >= 4 is 14.5 Å². The molecule has 1 amide bonds. The Hall–Kier alpha value is -0.653. The van der Waals surface area contributed by atoms with Crippen molar-refractivity contribution in [1.82, 2.24) is 5.32 Å². The maximum atomic E-state index is 11.8. The highest BCUT2D eigenvalue weighted by Gasteiger charge is 2.30. The number of carbonyl (C=O) groups excluding carboxylic acids is 1. The first-order valence-corrected chi connectivity index (χ1v) is 9.91. The second-order valence-corrected chi connectivity index (χ2v) is 9.57. The van der Waals surface area contributed by atoms with Gasteiger partial charge >= 0.3 is 8.56 Å². The van der Waals surface area contributed by atoms with E-state index in [9.17, 15) is 4.79 Å². The van der Waals surface area contributed by atoms with E-state index in [1.807, 2.05) is 41.5 Å². The average molecular weight is 302 g/mol. The fraction of sp³-hybridized carbons (Fsp3) is 0.800. The van der Waals surface area contributed by atoms with Gasteiger partial charge < -0.3 is 14.2 Å². The van der Waals surface area contributed by atoms with Crippen LogP contribution in [0.4, 0.5) is 0 Å². The van der Waals surface area contributed by atoms with Gasteiger partial charge in [0.15, 0.2) is 0 Å². The van der Waals surface area contributed by atoms with Crippen molar-refractivity contribution in [2.45, 2.75) is 66.1 Å². The van der Waals surface area contributed by atoms with E-state index in [2.05, 4.69) is 11.9 Å². The summed E-state index contributed by atoms with van der Waals surface area (Å²) in [4.78, 5) is 11.8. The summed E-state index contributed by atoms with van der Waals surface area (Å²) in [6, 6.07) is 0.875. The minimum atomic E-state index is -2.08. The van der Waals surface area contributed by atoms with Crippen LogP contribution < -0.4 is 5.32 Å². The van der Waals surface area contributed by atoms with Crippen LogP contribution in [0.25, 0.3) is 0 Å². The van der Waals surface area contributed by atoms with Crippen molar-refractivity contribution in [3.8, 4) is 0 Å².